The van der Waals surface area contributed by atoms with Crippen LogP contribution in [0.3, 0.4) is 0 Å². The fraction of sp³-hybridized carbons (Fsp3) is 0.800. The highest BCUT2D eigenvalue weighted by atomic mass is 16.4. The van der Waals surface area contributed by atoms with E-state index in [4.69, 9.17) is 10.2 Å². The van der Waals surface area contributed by atoms with Crippen molar-refractivity contribution in [3.63, 3.8) is 0 Å². The van der Waals surface area contributed by atoms with E-state index in [2.05, 4.69) is 4.74 Å². The van der Waals surface area contributed by atoms with E-state index >= 15 is 0 Å². The van der Waals surface area contributed by atoms with Gasteiger partial charge in [-0.1, -0.05) is 0 Å². The molecule has 0 aliphatic rings. The van der Waals surface area contributed by atoms with Gasteiger partial charge < -0.3 is 14.9 Å². The van der Waals surface area contributed by atoms with E-state index in [1.54, 1.807) is 14.2 Å². The molecule has 4 nitrogen and oxygen atoms in total. The minimum Gasteiger partial charge on any atom is -0.388 e. The van der Waals surface area contributed by atoms with Gasteiger partial charge in [0, 0.05) is 14.2 Å². The Morgan fingerprint density at radius 1 is 1.33 bits per heavy atom. The van der Waals surface area contributed by atoms with E-state index in [0.29, 0.717) is 0 Å². The molecule has 0 fully saturated rings. The van der Waals surface area contributed by atoms with Gasteiger partial charge in [0.2, 0.25) is 0 Å². The van der Waals surface area contributed by atoms with Crippen molar-refractivity contribution >= 4 is 5.78 Å². The molecule has 0 aromatic rings. The van der Waals surface area contributed by atoms with Crippen LogP contribution in [0, 0.1) is 0 Å². The molecule has 0 aromatic carbocycles. The molecule has 2 N–H and O–H groups in total. The van der Waals surface area contributed by atoms with Gasteiger partial charge >= 0.3 is 0 Å². The van der Waals surface area contributed by atoms with Gasteiger partial charge in [-0.05, 0) is 0 Å². The maximum absolute atomic E-state index is 9.68. The van der Waals surface area contributed by atoms with Gasteiger partial charge in [-0.15, -0.1) is 0 Å². The summed E-state index contributed by atoms with van der Waals surface area (Å²) in [5.74, 6) is -0.546. The summed E-state index contributed by atoms with van der Waals surface area (Å²) in [6.45, 7) is -1.12. The second-order valence-electron chi connectivity index (χ2n) is 1.26. The molecule has 0 atom stereocenters. The Kier molecular flexibility index (Phi) is 13.3. The van der Waals surface area contributed by atoms with Crippen LogP contribution in [-0.4, -0.2) is 43.4 Å². The zero-order valence-electron chi connectivity index (χ0n) is 5.63. The van der Waals surface area contributed by atoms with Crippen molar-refractivity contribution in [1.82, 2.24) is 0 Å². The average molecular weight is 136 g/mol. The van der Waals surface area contributed by atoms with Gasteiger partial charge in [0.1, 0.15) is 13.2 Å². The zero-order chi connectivity index (χ0) is 7.70. The topological polar surface area (TPSA) is 66.8 Å². The molecule has 0 spiro atoms. The Hall–Kier alpha value is -0.450. The number of methoxy groups -OCH3 is 1. The number of carbonyl (C=O) groups is 1. The summed E-state index contributed by atoms with van der Waals surface area (Å²) < 4.78 is 4.25. The van der Waals surface area contributed by atoms with E-state index in [9.17, 15) is 4.79 Å². The van der Waals surface area contributed by atoms with Crippen molar-refractivity contribution in [3.05, 3.63) is 0 Å². The average Bonchev–Trinajstić information content (AvgIpc) is 1.88. The molecule has 56 valence electrons. The van der Waals surface area contributed by atoms with Crippen LogP contribution >= 0.6 is 0 Å². The van der Waals surface area contributed by atoms with E-state index in [1.807, 2.05) is 0 Å². The standard InChI is InChI=1S/C3H6O3.C2H6O/c4-1-3(6)2-5;1-3-2/h4-5H,1-2H2;1-2H3. The van der Waals surface area contributed by atoms with Crippen molar-refractivity contribution in [2.45, 2.75) is 0 Å². The zero-order valence-corrected chi connectivity index (χ0v) is 5.63. The Bertz CT molecular complexity index is 56.0. The molecule has 0 saturated carbocycles. The summed E-state index contributed by atoms with van der Waals surface area (Å²) in [7, 11) is 3.25. The number of hydrogen-bond donors (Lipinski definition) is 2. The van der Waals surface area contributed by atoms with E-state index < -0.39 is 19.0 Å². The van der Waals surface area contributed by atoms with E-state index in [0.717, 1.165) is 0 Å². The number of ketones is 1. The van der Waals surface area contributed by atoms with Crippen molar-refractivity contribution in [1.29, 1.82) is 0 Å². The first-order chi connectivity index (χ1) is 4.22. The van der Waals surface area contributed by atoms with Crippen molar-refractivity contribution in [3.8, 4) is 0 Å². The summed E-state index contributed by atoms with van der Waals surface area (Å²) in [5.41, 5.74) is 0. The van der Waals surface area contributed by atoms with Crippen molar-refractivity contribution < 1.29 is 19.7 Å². The second-order valence-corrected chi connectivity index (χ2v) is 1.26. The first-order valence-electron chi connectivity index (χ1n) is 2.36. The summed E-state index contributed by atoms with van der Waals surface area (Å²) in [6.07, 6.45) is 0. The predicted octanol–water partition coefficient (Wildman–Crippen LogP) is -1.20. The molecule has 0 aromatic heterocycles. The maximum atomic E-state index is 9.68. The predicted molar refractivity (Wildman–Crippen MR) is 32.1 cm³/mol. The molecular formula is C5H12O4. The maximum Gasteiger partial charge on any atom is 0.183 e. The Morgan fingerprint density at radius 2 is 1.56 bits per heavy atom. The lowest BCUT2D eigenvalue weighted by Gasteiger charge is -1.81. The third kappa shape index (κ3) is 18.5. The Morgan fingerprint density at radius 3 is 1.56 bits per heavy atom. The van der Waals surface area contributed by atoms with Gasteiger partial charge in [0.15, 0.2) is 5.78 Å². The fourth-order valence-electron chi connectivity index (χ4n) is 0.0500. The molecule has 0 aliphatic carbocycles. The molecule has 0 unspecified atom stereocenters. The minimum absolute atomic E-state index is 0.546. The summed E-state index contributed by atoms with van der Waals surface area (Å²) >= 11 is 0. The van der Waals surface area contributed by atoms with Gasteiger partial charge in [-0.3, -0.25) is 4.79 Å². The first-order valence-corrected chi connectivity index (χ1v) is 2.36. The molecule has 0 rings (SSSR count). The quantitative estimate of drug-likeness (QED) is 0.500. The van der Waals surface area contributed by atoms with Crippen LogP contribution in [0.1, 0.15) is 0 Å². The molecule has 9 heavy (non-hydrogen) atoms. The number of aliphatic hydroxyl groups excluding tert-OH is 2. The number of Topliss-reactive ketones (excluding diaryl/α,β-unsaturated/α-hetero) is 1. The number of rotatable bonds is 2. The molecule has 4 heteroatoms. The van der Waals surface area contributed by atoms with Crippen molar-refractivity contribution in [2.24, 2.45) is 0 Å². The molecule has 0 heterocycles. The van der Waals surface area contributed by atoms with Crippen LogP contribution < -0.4 is 0 Å². The number of carbonyl (C=O) groups excluding carboxylic acids is 1. The SMILES string of the molecule is COC.O=C(CO)CO. The Labute approximate surface area is 54.1 Å². The highest BCUT2D eigenvalue weighted by Gasteiger charge is 1.89. The van der Waals surface area contributed by atoms with Crippen LogP contribution in [0.25, 0.3) is 0 Å². The van der Waals surface area contributed by atoms with Crippen molar-refractivity contribution in [2.75, 3.05) is 27.4 Å². The third-order valence-electron chi connectivity index (χ3n) is 0.353. The first kappa shape index (κ1) is 11.4. The molecular weight excluding hydrogens is 124 g/mol. The lowest BCUT2D eigenvalue weighted by Crippen LogP contribution is -2.07. The minimum atomic E-state index is -0.559. The van der Waals surface area contributed by atoms with Crippen LogP contribution in [0.15, 0.2) is 0 Å². The smallest absolute Gasteiger partial charge is 0.183 e. The van der Waals surface area contributed by atoms with Crippen LogP contribution in [0.2, 0.25) is 0 Å². The summed E-state index contributed by atoms with van der Waals surface area (Å²) in [5, 5.41) is 15.7. The Balaban J connectivity index is 0. The summed E-state index contributed by atoms with van der Waals surface area (Å²) in [4.78, 5) is 9.68. The molecule has 0 radical (unpaired) electrons. The second kappa shape index (κ2) is 10.5. The lowest BCUT2D eigenvalue weighted by atomic mass is 10.5. The molecule has 0 bridgehead atoms. The number of hydrogen-bond acceptors (Lipinski definition) is 4. The normalized spacial score (nSPS) is 7.56. The number of ether oxygens (including phenoxy) is 1. The third-order valence-corrected chi connectivity index (χ3v) is 0.353. The molecule has 0 amide bonds. The largest absolute Gasteiger partial charge is 0.388 e. The van der Waals surface area contributed by atoms with Gasteiger partial charge in [0.25, 0.3) is 0 Å². The van der Waals surface area contributed by atoms with E-state index in [1.165, 1.54) is 0 Å². The fourth-order valence-corrected chi connectivity index (χ4v) is 0.0500. The van der Waals surface area contributed by atoms with Gasteiger partial charge in [0.05, 0.1) is 0 Å². The van der Waals surface area contributed by atoms with Crippen LogP contribution in [0.4, 0.5) is 0 Å². The van der Waals surface area contributed by atoms with Gasteiger partial charge in [-0.25, -0.2) is 0 Å². The molecule has 0 aliphatic heterocycles. The number of aliphatic hydroxyl groups is 2. The van der Waals surface area contributed by atoms with Crippen LogP contribution in [0.5, 0.6) is 0 Å². The highest BCUT2D eigenvalue weighted by molar-refractivity contribution is 5.80. The van der Waals surface area contributed by atoms with Crippen LogP contribution in [-0.2, 0) is 9.53 Å². The highest BCUT2D eigenvalue weighted by Crippen LogP contribution is 1.59. The monoisotopic (exact) mass is 136 g/mol. The summed E-state index contributed by atoms with van der Waals surface area (Å²) in [6, 6.07) is 0. The molecule has 0 saturated heterocycles. The van der Waals surface area contributed by atoms with E-state index in [-0.39, 0.29) is 0 Å². The lowest BCUT2D eigenvalue weighted by molar-refractivity contribution is -0.124. The van der Waals surface area contributed by atoms with Gasteiger partial charge in [-0.2, -0.15) is 0 Å².